The maximum absolute atomic E-state index is 10.5. The number of aliphatic hydroxyl groups is 1. The number of aromatic nitrogens is 1. The van der Waals surface area contributed by atoms with Crippen molar-refractivity contribution < 1.29 is 10.2 Å². The maximum atomic E-state index is 10.5. The van der Waals surface area contributed by atoms with E-state index in [1.165, 1.54) is 22.5 Å². The lowest BCUT2D eigenvalue weighted by atomic mass is 10.1. The molecule has 0 saturated heterocycles. The number of phenolic OH excluding ortho intramolecular Hbond substituents is 1. The zero-order valence-electron chi connectivity index (χ0n) is 15.9. The van der Waals surface area contributed by atoms with Crippen LogP contribution in [-0.4, -0.2) is 27.6 Å². The Kier molecular flexibility index (Phi) is 4.43. The Hall–Kier alpha value is -3.12. The predicted octanol–water partition coefficient (Wildman–Crippen LogP) is 5.21. The monoisotopic (exact) mass is 391 g/mol. The van der Waals surface area contributed by atoms with Crippen LogP contribution in [0.4, 0.5) is 5.69 Å². The van der Waals surface area contributed by atoms with Crippen LogP contribution in [0.5, 0.6) is 5.75 Å². The highest BCUT2D eigenvalue weighted by atomic mass is 32.1. The van der Waals surface area contributed by atoms with Crippen LogP contribution in [0.25, 0.3) is 16.8 Å². The quantitative estimate of drug-likeness (QED) is 0.573. The van der Waals surface area contributed by atoms with Gasteiger partial charge in [-0.2, -0.15) is 0 Å². The van der Waals surface area contributed by atoms with E-state index in [2.05, 4.69) is 31.0 Å². The Bertz CT molecular complexity index is 1130. The Morgan fingerprint density at radius 2 is 1.75 bits per heavy atom. The van der Waals surface area contributed by atoms with E-state index in [0.717, 1.165) is 16.8 Å². The van der Waals surface area contributed by atoms with Crippen LogP contribution in [0.3, 0.4) is 0 Å². The molecule has 0 saturated carbocycles. The standard InChI is InChI=1S/C22H21N3O2S/c1-12-4-6-15(8-14(12)3)17-11-28-22(24-17)20-19(27)10-25(21(20)23)16-7-5-13(2)18(26)9-16/h4-9,11,23,26-27H,10H2,1-3H3. The number of aryl methyl sites for hydroxylation is 3. The topological polar surface area (TPSA) is 80.4 Å². The van der Waals surface area contributed by atoms with Crippen molar-refractivity contribution >= 4 is 28.4 Å². The van der Waals surface area contributed by atoms with Crippen molar-refractivity contribution in [2.75, 3.05) is 11.4 Å². The zero-order valence-corrected chi connectivity index (χ0v) is 16.8. The molecule has 0 spiro atoms. The van der Waals surface area contributed by atoms with E-state index >= 15 is 0 Å². The zero-order chi connectivity index (χ0) is 20.0. The minimum atomic E-state index is 0.117. The van der Waals surface area contributed by atoms with E-state index in [1.807, 2.05) is 24.4 Å². The summed E-state index contributed by atoms with van der Waals surface area (Å²) in [6, 6.07) is 11.5. The lowest BCUT2D eigenvalue weighted by Crippen LogP contribution is -2.25. The van der Waals surface area contributed by atoms with Crippen LogP contribution in [0.15, 0.2) is 47.5 Å². The van der Waals surface area contributed by atoms with Gasteiger partial charge < -0.3 is 15.1 Å². The smallest absolute Gasteiger partial charge is 0.139 e. The van der Waals surface area contributed by atoms with Gasteiger partial charge in [-0.05, 0) is 49.6 Å². The van der Waals surface area contributed by atoms with Gasteiger partial charge in [-0.1, -0.05) is 18.2 Å². The SMILES string of the molecule is Cc1ccc(-c2csc(C3=C(O)CN(c4ccc(C)c(O)c4)C3=N)n2)cc1C. The summed E-state index contributed by atoms with van der Waals surface area (Å²) in [7, 11) is 0. The van der Waals surface area contributed by atoms with Gasteiger partial charge in [-0.25, -0.2) is 4.98 Å². The lowest BCUT2D eigenvalue weighted by Gasteiger charge is -2.19. The van der Waals surface area contributed by atoms with Gasteiger partial charge in [0, 0.05) is 22.7 Å². The number of benzene rings is 2. The molecular formula is C22H21N3O2S. The summed E-state index contributed by atoms with van der Waals surface area (Å²) in [5, 5.41) is 31.6. The maximum Gasteiger partial charge on any atom is 0.139 e. The summed E-state index contributed by atoms with van der Waals surface area (Å²) in [5.41, 5.74) is 6.17. The minimum Gasteiger partial charge on any atom is -0.510 e. The van der Waals surface area contributed by atoms with Gasteiger partial charge in [-0.15, -0.1) is 11.3 Å². The van der Waals surface area contributed by atoms with Crippen molar-refractivity contribution in [1.82, 2.24) is 4.98 Å². The third-order valence-corrected chi connectivity index (χ3v) is 5.99. The first kappa shape index (κ1) is 18.3. The number of hydrogen-bond acceptors (Lipinski definition) is 5. The van der Waals surface area contributed by atoms with E-state index in [0.29, 0.717) is 16.3 Å². The van der Waals surface area contributed by atoms with Crippen LogP contribution < -0.4 is 4.90 Å². The molecule has 2 heterocycles. The molecule has 1 aliphatic rings. The van der Waals surface area contributed by atoms with Crippen LogP contribution in [0.1, 0.15) is 21.7 Å². The molecule has 4 rings (SSSR count). The summed E-state index contributed by atoms with van der Waals surface area (Å²) in [5.74, 6) is 0.470. The molecule has 0 aliphatic carbocycles. The number of aromatic hydroxyl groups is 1. The number of nitrogens with one attached hydrogen (secondary N) is 1. The van der Waals surface area contributed by atoms with Crippen LogP contribution in [0.2, 0.25) is 0 Å². The first-order valence-corrected chi connectivity index (χ1v) is 9.85. The Morgan fingerprint density at radius 1 is 1.00 bits per heavy atom. The average Bonchev–Trinajstić information content (AvgIpc) is 3.24. The average molecular weight is 391 g/mol. The largest absolute Gasteiger partial charge is 0.510 e. The van der Waals surface area contributed by atoms with Crippen molar-refractivity contribution in [3.8, 4) is 17.0 Å². The molecule has 142 valence electrons. The molecule has 28 heavy (non-hydrogen) atoms. The number of thiazole rings is 1. The van der Waals surface area contributed by atoms with E-state index in [9.17, 15) is 10.2 Å². The molecule has 0 radical (unpaired) electrons. The highest BCUT2D eigenvalue weighted by Crippen LogP contribution is 2.35. The fraction of sp³-hybridized carbons (Fsp3) is 0.182. The number of aliphatic hydroxyl groups excluding tert-OH is 1. The van der Waals surface area contributed by atoms with Crippen LogP contribution >= 0.6 is 11.3 Å². The lowest BCUT2D eigenvalue weighted by molar-refractivity contribution is 0.411. The van der Waals surface area contributed by atoms with Gasteiger partial charge in [0.25, 0.3) is 0 Å². The van der Waals surface area contributed by atoms with Gasteiger partial charge >= 0.3 is 0 Å². The molecule has 1 aliphatic heterocycles. The summed E-state index contributed by atoms with van der Waals surface area (Å²) in [4.78, 5) is 6.35. The molecule has 0 bridgehead atoms. The summed E-state index contributed by atoms with van der Waals surface area (Å²) < 4.78 is 0. The fourth-order valence-corrected chi connectivity index (χ4v) is 4.11. The summed E-state index contributed by atoms with van der Waals surface area (Å²) >= 11 is 1.42. The molecule has 5 nitrogen and oxygen atoms in total. The van der Waals surface area contributed by atoms with Gasteiger partial charge in [0.1, 0.15) is 22.4 Å². The second-order valence-electron chi connectivity index (χ2n) is 7.06. The predicted molar refractivity (Wildman–Crippen MR) is 114 cm³/mol. The highest BCUT2D eigenvalue weighted by Gasteiger charge is 2.31. The van der Waals surface area contributed by atoms with E-state index < -0.39 is 0 Å². The van der Waals surface area contributed by atoms with Gasteiger partial charge in [0.2, 0.25) is 0 Å². The Balaban J connectivity index is 1.65. The molecule has 1 aromatic heterocycles. The third-order valence-electron chi connectivity index (χ3n) is 5.13. The number of nitrogens with zero attached hydrogens (tertiary/aromatic N) is 2. The molecule has 3 N–H and O–H groups in total. The number of hydrogen-bond donors (Lipinski definition) is 3. The molecule has 2 aromatic carbocycles. The second kappa shape index (κ2) is 6.80. The molecule has 3 aromatic rings. The number of rotatable bonds is 3. The van der Waals surface area contributed by atoms with Crippen LogP contribution in [-0.2, 0) is 0 Å². The van der Waals surface area contributed by atoms with Crippen molar-refractivity contribution in [3.63, 3.8) is 0 Å². The van der Waals surface area contributed by atoms with E-state index in [1.54, 1.807) is 17.0 Å². The van der Waals surface area contributed by atoms with Gasteiger partial charge in [0.05, 0.1) is 17.8 Å². The van der Waals surface area contributed by atoms with E-state index in [-0.39, 0.29) is 23.9 Å². The van der Waals surface area contributed by atoms with Crippen molar-refractivity contribution in [3.05, 3.63) is 69.2 Å². The molecule has 6 heteroatoms. The second-order valence-corrected chi connectivity index (χ2v) is 7.92. The first-order valence-electron chi connectivity index (χ1n) is 8.97. The summed E-state index contributed by atoms with van der Waals surface area (Å²) in [6.45, 7) is 6.16. The van der Waals surface area contributed by atoms with Crippen molar-refractivity contribution in [2.45, 2.75) is 20.8 Å². The molecule has 0 unspecified atom stereocenters. The number of phenols is 1. The first-order chi connectivity index (χ1) is 13.3. The number of amidine groups is 1. The van der Waals surface area contributed by atoms with Crippen molar-refractivity contribution in [2.24, 2.45) is 0 Å². The molecule has 0 fully saturated rings. The minimum absolute atomic E-state index is 0.117. The normalized spacial score (nSPS) is 14.2. The highest BCUT2D eigenvalue weighted by molar-refractivity contribution is 7.11. The van der Waals surface area contributed by atoms with Crippen LogP contribution in [0, 0.1) is 26.2 Å². The number of anilines is 1. The molecular weight excluding hydrogens is 370 g/mol. The fourth-order valence-electron chi connectivity index (χ4n) is 3.21. The van der Waals surface area contributed by atoms with Gasteiger partial charge in [0.15, 0.2) is 0 Å². The summed E-state index contributed by atoms with van der Waals surface area (Å²) in [6.07, 6.45) is 0. The molecule has 0 atom stereocenters. The van der Waals surface area contributed by atoms with Crippen molar-refractivity contribution in [1.29, 1.82) is 5.41 Å². The van der Waals surface area contributed by atoms with Gasteiger partial charge in [-0.3, -0.25) is 5.41 Å². The third kappa shape index (κ3) is 3.05. The van der Waals surface area contributed by atoms with E-state index in [4.69, 9.17) is 5.41 Å². The Labute approximate surface area is 167 Å². The molecule has 0 amide bonds. The Morgan fingerprint density at radius 3 is 2.46 bits per heavy atom.